The number of nitrogens with zero attached hydrogens (tertiary/aromatic N) is 4. The number of benzene rings is 3. The smallest absolute Gasteiger partial charge is 0.395 e. The lowest BCUT2D eigenvalue weighted by atomic mass is 9.98. The van der Waals surface area contributed by atoms with Crippen LogP contribution in [0, 0.1) is 0 Å². The number of carbonyl (C=O) groups excluding carboxylic acids is 1. The molecular weight excluding hydrogens is 676 g/mol. The molecule has 4 aromatic rings. The van der Waals surface area contributed by atoms with Gasteiger partial charge in [-0.25, -0.2) is 0 Å². The number of aromatic nitrogens is 1. The Morgan fingerprint density at radius 2 is 1.53 bits per heavy atom. The van der Waals surface area contributed by atoms with Crippen LogP contribution in [0.25, 0.3) is 10.9 Å². The topological polar surface area (TPSA) is 73.4 Å². The van der Waals surface area contributed by atoms with Crippen LogP contribution in [0.5, 0.6) is 0 Å². The van der Waals surface area contributed by atoms with Gasteiger partial charge in [0.15, 0.2) is 0 Å². The third kappa shape index (κ3) is 9.29. The van der Waals surface area contributed by atoms with Gasteiger partial charge in [-0.3, -0.25) is 14.6 Å². The lowest BCUT2D eigenvalue weighted by Gasteiger charge is -2.42. The van der Waals surface area contributed by atoms with Crippen molar-refractivity contribution in [3.8, 4) is 0 Å². The number of nitrogens with one attached hydrogen (secondary N) is 1. The number of alkyl halides is 6. The van der Waals surface area contributed by atoms with Gasteiger partial charge in [0.1, 0.15) is 12.3 Å². The summed E-state index contributed by atoms with van der Waals surface area (Å²) in [5, 5.41) is 5.43. The quantitative estimate of drug-likeness (QED) is 0.0809. The van der Waals surface area contributed by atoms with E-state index in [1.807, 2.05) is 60.8 Å². The molecule has 1 aromatic heterocycles. The number of oxime groups is 1. The first-order chi connectivity index (χ1) is 24.5. The molecular formula is C37H39F6N5O3. The van der Waals surface area contributed by atoms with Crippen LogP contribution in [0.2, 0.25) is 0 Å². The number of ether oxygens (including phenoxy) is 1. The Morgan fingerprint density at radius 1 is 0.843 bits per heavy atom. The van der Waals surface area contributed by atoms with E-state index in [0.717, 1.165) is 48.1 Å². The molecule has 0 saturated carbocycles. The average Bonchev–Trinajstić information content (AvgIpc) is 3.53. The molecule has 0 aliphatic carbocycles. The SMILES string of the molecule is O=C(c1cc(C(F)(F)F)cc(C(F)(F)F)c1)N1CCN(C/C(=N/OCCCN2CCOCC2)c2ccccc2)C[C@H]1Cc1c[nH]c2ccccc12. The minimum absolute atomic E-state index is 0.0350. The molecule has 8 nitrogen and oxygen atoms in total. The van der Waals surface area contributed by atoms with Gasteiger partial charge in [0, 0.05) is 80.1 Å². The molecule has 0 bridgehead atoms. The summed E-state index contributed by atoms with van der Waals surface area (Å²) in [6.07, 6.45) is -7.23. The zero-order valence-electron chi connectivity index (χ0n) is 27.8. The number of fused-ring (bicyclic) bond motifs is 1. The molecule has 0 unspecified atom stereocenters. The molecule has 3 aromatic carbocycles. The summed E-state index contributed by atoms with van der Waals surface area (Å²) in [6.45, 7) is 5.49. The Bertz CT molecular complexity index is 1770. The van der Waals surface area contributed by atoms with Crippen LogP contribution in [-0.4, -0.2) is 103 Å². The number of hydrogen-bond acceptors (Lipinski definition) is 6. The average molecular weight is 716 g/mol. The minimum Gasteiger partial charge on any atom is -0.395 e. The van der Waals surface area contributed by atoms with Gasteiger partial charge in [0.2, 0.25) is 0 Å². The molecule has 3 heterocycles. The molecule has 1 amide bonds. The highest BCUT2D eigenvalue weighted by Gasteiger charge is 2.39. The second-order valence-electron chi connectivity index (χ2n) is 12.8. The molecule has 1 N–H and O–H groups in total. The first kappa shape index (κ1) is 36.4. The van der Waals surface area contributed by atoms with Crippen molar-refractivity contribution < 1.29 is 40.7 Å². The highest BCUT2D eigenvalue weighted by atomic mass is 19.4. The van der Waals surface area contributed by atoms with E-state index in [1.54, 1.807) is 0 Å². The maximum atomic E-state index is 13.9. The lowest BCUT2D eigenvalue weighted by Crippen LogP contribution is -2.56. The van der Waals surface area contributed by atoms with E-state index >= 15 is 0 Å². The maximum absolute atomic E-state index is 13.9. The molecule has 2 fully saturated rings. The summed E-state index contributed by atoms with van der Waals surface area (Å²) in [4.78, 5) is 28.7. The number of morpholine rings is 1. The third-order valence-electron chi connectivity index (χ3n) is 9.26. The van der Waals surface area contributed by atoms with Crippen LogP contribution in [0.4, 0.5) is 26.3 Å². The molecule has 14 heteroatoms. The number of rotatable bonds is 11. The Hall–Kier alpha value is -4.40. The monoisotopic (exact) mass is 715 g/mol. The molecule has 2 aliphatic rings. The van der Waals surface area contributed by atoms with Crippen molar-refractivity contribution in [2.24, 2.45) is 5.16 Å². The fourth-order valence-electron chi connectivity index (χ4n) is 6.62. The maximum Gasteiger partial charge on any atom is 0.416 e. The van der Waals surface area contributed by atoms with Gasteiger partial charge in [-0.2, -0.15) is 26.3 Å². The van der Waals surface area contributed by atoms with Gasteiger partial charge in [-0.1, -0.05) is 53.7 Å². The number of piperazine rings is 1. The van der Waals surface area contributed by atoms with Crippen molar-refractivity contribution in [3.05, 3.63) is 107 Å². The van der Waals surface area contributed by atoms with Crippen LogP contribution in [-0.2, 0) is 28.3 Å². The van der Waals surface area contributed by atoms with E-state index in [2.05, 4.69) is 19.9 Å². The Labute approximate surface area is 291 Å². The highest BCUT2D eigenvalue weighted by molar-refractivity contribution is 6.01. The van der Waals surface area contributed by atoms with Gasteiger partial charge in [0.05, 0.1) is 24.3 Å². The van der Waals surface area contributed by atoms with Crippen molar-refractivity contribution in [2.75, 3.05) is 65.6 Å². The van der Waals surface area contributed by atoms with Crippen LogP contribution in [0.3, 0.4) is 0 Å². The zero-order valence-corrected chi connectivity index (χ0v) is 27.8. The molecule has 0 spiro atoms. The van der Waals surface area contributed by atoms with E-state index in [9.17, 15) is 31.1 Å². The van der Waals surface area contributed by atoms with E-state index in [1.165, 1.54) is 4.90 Å². The van der Waals surface area contributed by atoms with Crippen molar-refractivity contribution in [3.63, 3.8) is 0 Å². The van der Waals surface area contributed by atoms with Crippen LogP contribution in [0.15, 0.2) is 84.1 Å². The van der Waals surface area contributed by atoms with E-state index in [4.69, 9.17) is 9.57 Å². The second kappa shape index (κ2) is 15.9. The fourth-order valence-corrected chi connectivity index (χ4v) is 6.62. The third-order valence-corrected chi connectivity index (χ3v) is 9.26. The summed E-state index contributed by atoms with van der Waals surface area (Å²) < 4.78 is 87.7. The Morgan fingerprint density at radius 3 is 2.24 bits per heavy atom. The van der Waals surface area contributed by atoms with Gasteiger partial charge in [-0.05, 0) is 42.7 Å². The predicted octanol–water partition coefficient (Wildman–Crippen LogP) is 6.72. The zero-order chi connectivity index (χ0) is 36.0. The van der Waals surface area contributed by atoms with Crippen LogP contribution in [0.1, 0.15) is 39.0 Å². The number of aromatic amines is 1. The summed E-state index contributed by atoms with van der Waals surface area (Å²) >= 11 is 0. The van der Waals surface area contributed by atoms with Gasteiger partial charge in [-0.15, -0.1) is 0 Å². The van der Waals surface area contributed by atoms with Crippen molar-refractivity contribution >= 4 is 22.5 Å². The molecule has 51 heavy (non-hydrogen) atoms. The van der Waals surface area contributed by atoms with Gasteiger partial charge in [0.25, 0.3) is 5.91 Å². The Kier molecular flexibility index (Phi) is 11.3. The summed E-state index contributed by atoms with van der Waals surface area (Å²) in [5.41, 5.74) is -0.457. The number of hydrogen-bond donors (Lipinski definition) is 1. The van der Waals surface area contributed by atoms with Gasteiger partial charge >= 0.3 is 12.4 Å². The van der Waals surface area contributed by atoms with Crippen molar-refractivity contribution in [1.82, 2.24) is 19.7 Å². The number of halogens is 6. The number of carbonyl (C=O) groups is 1. The van der Waals surface area contributed by atoms with E-state index in [-0.39, 0.29) is 12.6 Å². The van der Waals surface area contributed by atoms with Crippen LogP contribution < -0.4 is 0 Å². The first-order valence-corrected chi connectivity index (χ1v) is 16.9. The Balaban J connectivity index is 1.24. The standard InChI is InChI=1S/C37H39F6N5O3/c38-36(39,40)29-19-27(20-30(22-29)37(41,42)43)35(49)48-13-12-47(24-31(48)21-28-23-44-33-10-5-4-9-32(28)33)25-34(26-7-2-1-3-8-26)45-51-16-6-11-46-14-17-50-18-15-46/h1-5,7-10,19-20,22-23,31,44H,6,11-18,21,24-25H2/b45-34-/t31-/m1/s1. The normalized spacial score (nSPS) is 18.4. The molecule has 272 valence electrons. The fraction of sp³-hybridized carbons (Fsp3) is 0.405. The lowest BCUT2D eigenvalue weighted by molar-refractivity contribution is -0.143. The summed E-state index contributed by atoms with van der Waals surface area (Å²) in [6, 6.07) is 17.6. The van der Waals surface area contributed by atoms with Crippen molar-refractivity contribution in [1.29, 1.82) is 0 Å². The summed E-state index contributed by atoms with van der Waals surface area (Å²) in [5.74, 6) is -0.892. The highest BCUT2D eigenvalue weighted by Crippen LogP contribution is 2.37. The molecule has 1 atom stereocenters. The second-order valence-corrected chi connectivity index (χ2v) is 12.8. The first-order valence-electron chi connectivity index (χ1n) is 16.9. The van der Waals surface area contributed by atoms with E-state index in [0.29, 0.717) is 63.7 Å². The minimum atomic E-state index is -5.07. The van der Waals surface area contributed by atoms with Crippen molar-refractivity contribution in [2.45, 2.75) is 31.2 Å². The molecule has 0 radical (unpaired) electrons. The van der Waals surface area contributed by atoms with E-state index < -0.39 is 41.0 Å². The molecule has 6 rings (SSSR count). The summed E-state index contributed by atoms with van der Waals surface area (Å²) in [7, 11) is 0. The predicted molar refractivity (Wildman–Crippen MR) is 181 cm³/mol. The largest absolute Gasteiger partial charge is 0.416 e. The molecule has 2 saturated heterocycles. The molecule has 2 aliphatic heterocycles. The number of amides is 1. The van der Waals surface area contributed by atoms with Crippen LogP contribution >= 0.6 is 0 Å². The van der Waals surface area contributed by atoms with Gasteiger partial charge < -0.3 is 19.5 Å². The number of H-pyrrole nitrogens is 1. The number of para-hydroxylation sites is 1.